The maximum atomic E-state index is 12.4. The van der Waals surface area contributed by atoms with Crippen LogP contribution in [-0.4, -0.2) is 52.8 Å². The summed E-state index contributed by atoms with van der Waals surface area (Å²) in [5.74, 6) is 0.846. The number of carbonyl (C=O) groups is 1. The van der Waals surface area contributed by atoms with Crippen LogP contribution in [0.1, 0.15) is 48.5 Å². The Balaban J connectivity index is 1.51. The molecule has 1 aliphatic carbocycles. The van der Waals surface area contributed by atoms with E-state index in [1.165, 1.54) is 12.8 Å². The van der Waals surface area contributed by atoms with Crippen molar-refractivity contribution in [2.45, 2.75) is 38.1 Å². The SMILES string of the molecule is COCCCNC(=O)c1ccc(Nc2ncc3ncn(C4CCCC4)c3n2)c(OC)c1. The van der Waals surface area contributed by atoms with Gasteiger partial charge in [0.25, 0.3) is 5.91 Å². The zero-order valence-corrected chi connectivity index (χ0v) is 17.9. The molecule has 2 aromatic heterocycles. The first-order valence-corrected chi connectivity index (χ1v) is 10.6. The molecule has 3 aromatic rings. The predicted molar refractivity (Wildman–Crippen MR) is 118 cm³/mol. The highest BCUT2D eigenvalue weighted by Gasteiger charge is 2.20. The third-order valence-corrected chi connectivity index (χ3v) is 5.55. The summed E-state index contributed by atoms with van der Waals surface area (Å²) in [5.41, 5.74) is 2.82. The Morgan fingerprint density at radius 2 is 2.06 bits per heavy atom. The van der Waals surface area contributed by atoms with Gasteiger partial charge in [-0.15, -0.1) is 0 Å². The van der Waals surface area contributed by atoms with Crippen LogP contribution in [-0.2, 0) is 4.74 Å². The molecule has 164 valence electrons. The first-order valence-electron chi connectivity index (χ1n) is 10.6. The number of fused-ring (bicyclic) bond motifs is 1. The Morgan fingerprint density at radius 1 is 1.23 bits per heavy atom. The number of nitrogens with zero attached hydrogens (tertiary/aromatic N) is 4. The third kappa shape index (κ3) is 4.77. The fourth-order valence-corrected chi connectivity index (χ4v) is 3.91. The van der Waals surface area contributed by atoms with E-state index in [0.717, 1.165) is 30.4 Å². The smallest absolute Gasteiger partial charge is 0.251 e. The molecular weight excluding hydrogens is 396 g/mol. The van der Waals surface area contributed by atoms with Crippen LogP contribution < -0.4 is 15.4 Å². The molecule has 0 bridgehead atoms. The second-order valence-electron chi connectivity index (χ2n) is 7.63. The second-order valence-corrected chi connectivity index (χ2v) is 7.63. The van der Waals surface area contributed by atoms with E-state index < -0.39 is 0 Å². The molecule has 0 radical (unpaired) electrons. The van der Waals surface area contributed by atoms with Gasteiger partial charge in [0.15, 0.2) is 5.65 Å². The lowest BCUT2D eigenvalue weighted by Crippen LogP contribution is -2.25. The van der Waals surface area contributed by atoms with Crippen LogP contribution in [0, 0.1) is 0 Å². The molecule has 0 unspecified atom stereocenters. The zero-order chi connectivity index (χ0) is 21.6. The Morgan fingerprint density at radius 3 is 2.84 bits per heavy atom. The largest absolute Gasteiger partial charge is 0.495 e. The van der Waals surface area contributed by atoms with Crippen molar-refractivity contribution < 1.29 is 14.3 Å². The molecule has 2 heterocycles. The summed E-state index contributed by atoms with van der Waals surface area (Å²) >= 11 is 0. The summed E-state index contributed by atoms with van der Waals surface area (Å²) in [6.07, 6.45) is 9.14. The number of carbonyl (C=O) groups excluding carboxylic acids is 1. The Bertz CT molecular complexity index is 1040. The van der Waals surface area contributed by atoms with Gasteiger partial charge < -0.3 is 24.7 Å². The monoisotopic (exact) mass is 424 g/mol. The Hall–Kier alpha value is -3.20. The number of hydrogen-bond acceptors (Lipinski definition) is 7. The average Bonchev–Trinajstić information content (AvgIpc) is 3.46. The highest BCUT2D eigenvalue weighted by molar-refractivity contribution is 5.95. The third-order valence-electron chi connectivity index (χ3n) is 5.55. The van der Waals surface area contributed by atoms with Crippen LogP contribution in [0.4, 0.5) is 11.6 Å². The van der Waals surface area contributed by atoms with Gasteiger partial charge in [-0.1, -0.05) is 12.8 Å². The number of rotatable bonds is 9. The van der Waals surface area contributed by atoms with E-state index >= 15 is 0 Å². The average molecular weight is 425 g/mol. The summed E-state index contributed by atoms with van der Waals surface area (Å²) in [6.45, 7) is 1.16. The fourth-order valence-electron chi connectivity index (χ4n) is 3.91. The van der Waals surface area contributed by atoms with Crippen LogP contribution in [0.2, 0.25) is 0 Å². The minimum absolute atomic E-state index is 0.154. The van der Waals surface area contributed by atoms with Crippen molar-refractivity contribution in [3.63, 3.8) is 0 Å². The number of nitrogens with one attached hydrogen (secondary N) is 2. The molecule has 1 amide bonds. The molecule has 2 N–H and O–H groups in total. The zero-order valence-electron chi connectivity index (χ0n) is 17.9. The van der Waals surface area contributed by atoms with Crippen LogP contribution in [0.15, 0.2) is 30.7 Å². The highest BCUT2D eigenvalue weighted by atomic mass is 16.5. The van der Waals surface area contributed by atoms with Gasteiger partial charge in [-0.3, -0.25) is 4.79 Å². The number of ether oxygens (including phenoxy) is 2. The van der Waals surface area contributed by atoms with Gasteiger partial charge in [0.2, 0.25) is 5.95 Å². The molecule has 0 saturated heterocycles. The van der Waals surface area contributed by atoms with Gasteiger partial charge in [-0.25, -0.2) is 9.97 Å². The molecule has 1 fully saturated rings. The quantitative estimate of drug-likeness (QED) is 0.507. The number of imidazole rings is 1. The highest BCUT2D eigenvalue weighted by Crippen LogP contribution is 2.32. The molecule has 9 nitrogen and oxygen atoms in total. The van der Waals surface area contributed by atoms with Crippen molar-refractivity contribution in [2.75, 3.05) is 32.7 Å². The molecule has 4 rings (SSSR count). The van der Waals surface area contributed by atoms with Gasteiger partial charge >= 0.3 is 0 Å². The van der Waals surface area contributed by atoms with Crippen molar-refractivity contribution in [1.29, 1.82) is 0 Å². The number of benzene rings is 1. The first-order chi connectivity index (χ1) is 15.2. The summed E-state index contributed by atoms with van der Waals surface area (Å²) in [5, 5.41) is 6.09. The lowest BCUT2D eigenvalue weighted by atomic mass is 10.1. The van der Waals surface area contributed by atoms with E-state index in [-0.39, 0.29) is 5.91 Å². The molecule has 9 heteroatoms. The lowest BCUT2D eigenvalue weighted by molar-refractivity contribution is 0.0948. The number of methoxy groups -OCH3 is 2. The molecule has 1 aliphatic rings. The number of amides is 1. The Labute approximate surface area is 181 Å². The molecule has 0 atom stereocenters. The topological polar surface area (TPSA) is 103 Å². The number of aromatic nitrogens is 4. The van der Waals surface area contributed by atoms with Crippen molar-refractivity contribution in [2.24, 2.45) is 0 Å². The lowest BCUT2D eigenvalue weighted by Gasteiger charge is -2.13. The van der Waals surface area contributed by atoms with E-state index in [1.54, 1.807) is 38.6 Å². The summed E-state index contributed by atoms with van der Waals surface area (Å²) in [6, 6.07) is 5.70. The van der Waals surface area contributed by atoms with Crippen molar-refractivity contribution >= 4 is 28.7 Å². The van der Waals surface area contributed by atoms with E-state index in [9.17, 15) is 4.79 Å². The fraction of sp³-hybridized carbons (Fsp3) is 0.455. The maximum absolute atomic E-state index is 12.4. The Kier molecular flexibility index (Phi) is 6.61. The summed E-state index contributed by atoms with van der Waals surface area (Å²) < 4.78 is 12.6. The van der Waals surface area contributed by atoms with Crippen molar-refractivity contribution in [3.05, 3.63) is 36.3 Å². The van der Waals surface area contributed by atoms with Crippen LogP contribution in [0.3, 0.4) is 0 Å². The van der Waals surface area contributed by atoms with E-state index in [0.29, 0.717) is 42.1 Å². The first kappa shape index (κ1) is 21.0. The van der Waals surface area contributed by atoms with Gasteiger partial charge in [-0.05, 0) is 37.5 Å². The van der Waals surface area contributed by atoms with Crippen LogP contribution in [0.25, 0.3) is 11.2 Å². The summed E-state index contributed by atoms with van der Waals surface area (Å²) in [4.78, 5) is 25.9. The number of anilines is 2. The van der Waals surface area contributed by atoms with Gasteiger partial charge in [-0.2, -0.15) is 4.98 Å². The van der Waals surface area contributed by atoms with E-state index in [2.05, 4.69) is 25.2 Å². The maximum Gasteiger partial charge on any atom is 0.251 e. The van der Waals surface area contributed by atoms with Gasteiger partial charge in [0.05, 0.1) is 25.3 Å². The van der Waals surface area contributed by atoms with Gasteiger partial charge in [0, 0.05) is 31.9 Å². The van der Waals surface area contributed by atoms with Crippen LogP contribution >= 0.6 is 0 Å². The number of hydrogen-bond donors (Lipinski definition) is 2. The van der Waals surface area contributed by atoms with Crippen LogP contribution in [0.5, 0.6) is 5.75 Å². The molecule has 0 aliphatic heterocycles. The standard InChI is InChI=1S/C22H28N6O3/c1-30-11-5-10-23-21(29)15-8-9-17(19(12-15)31-2)26-22-24-13-18-20(27-22)28(14-25-18)16-6-3-4-7-16/h8-9,12-14,16H,3-7,10-11H2,1-2H3,(H,23,29)(H,24,26,27). The van der Waals surface area contributed by atoms with Gasteiger partial charge in [0.1, 0.15) is 11.3 Å². The molecule has 1 aromatic carbocycles. The molecule has 0 spiro atoms. The van der Waals surface area contributed by atoms with E-state index in [1.807, 2.05) is 6.33 Å². The van der Waals surface area contributed by atoms with Crippen molar-refractivity contribution in [3.8, 4) is 5.75 Å². The molecule has 31 heavy (non-hydrogen) atoms. The van der Waals surface area contributed by atoms with Crippen molar-refractivity contribution in [1.82, 2.24) is 24.8 Å². The minimum Gasteiger partial charge on any atom is -0.495 e. The normalized spacial score (nSPS) is 14.1. The summed E-state index contributed by atoms with van der Waals surface area (Å²) in [7, 11) is 3.21. The molecular formula is C22H28N6O3. The minimum atomic E-state index is -0.154. The second kappa shape index (κ2) is 9.74. The molecule has 1 saturated carbocycles. The van der Waals surface area contributed by atoms with E-state index in [4.69, 9.17) is 14.5 Å². The predicted octanol–water partition coefficient (Wildman–Crippen LogP) is 3.46.